The molecule has 2 atom stereocenters. The fourth-order valence-electron chi connectivity index (χ4n) is 2.64. The number of guanidine groups is 1. The molecule has 1 heterocycles. The van der Waals surface area contributed by atoms with E-state index in [1.165, 1.54) is 25.7 Å². The summed E-state index contributed by atoms with van der Waals surface area (Å²) >= 11 is 0. The van der Waals surface area contributed by atoms with Crippen LogP contribution in [0.1, 0.15) is 46.0 Å². The lowest BCUT2D eigenvalue weighted by atomic mass is 9.65. The molecule has 2 fully saturated rings. The SMILES string of the molecule is CC1(C)C(O)CC1N=C(N)N1CCCCCC1. The molecule has 0 radical (unpaired) electrons. The standard InChI is InChI=1S/C13H25N3O/c1-13(2)10(9-11(13)17)15-12(14)16-7-5-3-4-6-8-16/h10-11,17H,3-9H2,1-2H3,(H2,14,15). The van der Waals surface area contributed by atoms with Crippen molar-refractivity contribution in [3.63, 3.8) is 0 Å². The predicted octanol–water partition coefficient (Wildman–Crippen LogP) is 1.34. The fourth-order valence-corrected chi connectivity index (χ4v) is 2.64. The van der Waals surface area contributed by atoms with Gasteiger partial charge in [0.2, 0.25) is 0 Å². The van der Waals surface area contributed by atoms with Crippen LogP contribution in [0.25, 0.3) is 0 Å². The summed E-state index contributed by atoms with van der Waals surface area (Å²) in [7, 11) is 0. The highest BCUT2D eigenvalue weighted by Gasteiger charge is 2.47. The van der Waals surface area contributed by atoms with Gasteiger partial charge in [0.05, 0.1) is 12.1 Å². The highest BCUT2D eigenvalue weighted by Crippen LogP contribution is 2.42. The van der Waals surface area contributed by atoms with E-state index >= 15 is 0 Å². The molecule has 0 aromatic carbocycles. The molecule has 98 valence electrons. The zero-order chi connectivity index (χ0) is 12.5. The Balaban J connectivity index is 1.96. The van der Waals surface area contributed by atoms with Crippen LogP contribution in [0.3, 0.4) is 0 Å². The van der Waals surface area contributed by atoms with E-state index in [0.717, 1.165) is 19.5 Å². The van der Waals surface area contributed by atoms with E-state index in [0.29, 0.717) is 5.96 Å². The van der Waals surface area contributed by atoms with Crippen molar-refractivity contribution in [1.29, 1.82) is 0 Å². The van der Waals surface area contributed by atoms with Gasteiger partial charge in [-0.15, -0.1) is 0 Å². The van der Waals surface area contributed by atoms with Gasteiger partial charge in [-0.1, -0.05) is 26.7 Å². The Hall–Kier alpha value is -0.770. The van der Waals surface area contributed by atoms with Crippen molar-refractivity contribution in [2.75, 3.05) is 13.1 Å². The second-order valence-corrected chi connectivity index (χ2v) is 5.98. The molecule has 1 saturated heterocycles. The van der Waals surface area contributed by atoms with Crippen LogP contribution in [-0.4, -0.2) is 41.2 Å². The van der Waals surface area contributed by atoms with Crippen molar-refractivity contribution in [2.45, 2.75) is 58.1 Å². The number of aliphatic hydroxyl groups is 1. The average molecular weight is 239 g/mol. The third-order valence-corrected chi connectivity index (χ3v) is 4.38. The van der Waals surface area contributed by atoms with Crippen molar-refractivity contribution in [1.82, 2.24) is 4.90 Å². The first-order valence-corrected chi connectivity index (χ1v) is 6.78. The first kappa shape index (κ1) is 12.7. The summed E-state index contributed by atoms with van der Waals surface area (Å²) < 4.78 is 0. The van der Waals surface area contributed by atoms with Gasteiger partial charge >= 0.3 is 0 Å². The molecule has 1 aliphatic heterocycles. The maximum Gasteiger partial charge on any atom is 0.191 e. The van der Waals surface area contributed by atoms with E-state index in [1.54, 1.807) is 0 Å². The Morgan fingerprint density at radius 1 is 1.24 bits per heavy atom. The van der Waals surface area contributed by atoms with Crippen LogP contribution in [0.4, 0.5) is 0 Å². The largest absolute Gasteiger partial charge is 0.392 e. The topological polar surface area (TPSA) is 61.9 Å². The molecule has 1 saturated carbocycles. The zero-order valence-electron chi connectivity index (χ0n) is 11.0. The zero-order valence-corrected chi connectivity index (χ0v) is 11.0. The van der Waals surface area contributed by atoms with Crippen LogP contribution in [-0.2, 0) is 0 Å². The summed E-state index contributed by atoms with van der Waals surface area (Å²) in [5, 5.41) is 9.69. The minimum absolute atomic E-state index is 0.115. The number of hydrogen-bond donors (Lipinski definition) is 2. The normalized spacial score (nSPS) is 34.1. The van der Waals surface area contributed by atoms with E-state index < -0.39 is 0 Å². The number of aliphatic hydroxyl groups excluding tert-OH is 1. The summed E-state index contributed by atoms with van der Waals surface area (Å²) in [6.45, 7) is 6.19. The van der Waals surface area contributed by atoms with Crippen LogP contribution in [0.5, 0.6) is 0 Å². The number of nitrogens with two attached hydrogens (primary N) is 1. The maximum absolute atomic E-state index is 9.69. The van der Waals surface area contributed by atoms with Gasteiger partial charge in [-0.05, 0) is 19.3 Å². The Morgan fingerprint density at radius 3 is 2.29 bits per heavy atom. The molecule has 4 heteroatoms. The van der Waals surface area contributed by atoms with Gasteiger partial charge < -0.3 is 15.7 Å². The van der Waals surface area contributed by atoms with Gasteiger partial charge in [0.1, 0.15) is 0 Å². The summed E-state index contributed by atoms with van der Waals surface area (Å²) in [5.74, 6) is 0.678. The molecule has 0 spiro atoms. The second-order valence-electron chi connectivity index (χ2n) is 5.98. The van der Waals surface area contributed by atoms with Crippen molar-refractivity contribution in [3.05, 3.63) is 0 Å². The molecule has 1 aliphatic carbocycles. The molecule has 0 amide bonds. The number of hydrogen-bond acceptors (Lipinski definition) is 2. The number of nitrogens with zero attached hydrogens (tertiary/aromatic N) is 2. The number of aliphatic imine (C=N–C) groups is 1. The third-order valence-electron chi connectivity index (χ3n) is 4.38. The van der Waals surface area contributed by atoms with Crippen LogP contribution < -0.4 is 5.73 Å². The quantitative estimate of drug-likeness (QED) is 0.536. The van der Waals surface area contributed by atoms with Gasteiger partial charge in [0, 0.05) is 18.5 Å². The molecule has 0 bridgehead atoms. The fraction of sp³-hybridized carbons (Fsp3) is 0.923. The molecule has 2 rings (SSSR count). The van der Waals surface area contributed by atoms with Crippen LogP contribution in [0.15, 0.2) is 4.99 Å². The lowest BCUT2D eigenvalue weighted by Gasteiger charge is -2.47. The van der Waals surface area contributed by atoms with Crippen LogP contribution >= 0.6 is 0 Å². The number of rotatable bonds is 1. The van der Waals surface area contributed by atoms with Crippen molar-refractivity contribution >= 4 is 5.96 Å². The van der Waals surface area contributed by atoms with Gasteiger partial charge in [-0.3, -0.25) is 0 Å². The highest BCUT2D eigenvalue weighted by molar-refractivity contribution is 5.78. The van der Waals surface area contributed by atoms with E-state index in [4.69, 9.17) is 5.73 Å². The molecule has 4 nitrogen and oxygen atoms in total. The lowest BCUT2D eigenvalue weighted by molar-refractivity contribution is -0.0579. The third kappa shape index (κ3) is 2.57. The van der Waals surface area contributed by atoms with Crippen LogP contribution in [0, 0.1) is 5.41 Å². The Bertz CT molecular complexity index is 293. The first-order valence-electron chi connectivity index (χ1n) is 6.78. The monoisotopic (exact) mass is 239 g/mol. The Morgan fingerprint density at radius 2 is 1.82 bits per heavy atom. The smallest absolute Gasteiger partial charge is 0.191 e. The maximum atomic E-state index is 9.69. The lowest BCUT2D eigenvalue weighted by Crippen LogP contribution is -2.53. The molecule has 3 N–H and O–H groups in total. The minimum Gasteiger partial charge on any atom is -0.392 e. The molecule has 0 aromatic heterocycles. The Kier molecular flexibility index (Phi) is 3.61. The van der Waals surface area contributed by atoms with Gasteiger partial charge in [-0.2, -0.15) is 0 Å². The van der Waals surface area contributed by atoms with E-state index in [-0.39, 0.29) is 17.6 Å². The first-order chi connectivity index (χ1) is 8.01. The number of likely N-dealkylation sites (tertiary alicyclic amines) is 1. The van der Waals surface area contributed by atoms with Crippen LogP contribution in [0.2, 0.25) is 0 Å². The van der Waals surface area contributed by atoms with E-state index in [2.05, 4.69) is 23.7 Å². The molecule has 2 unspecified atom stereocenters. The molecule has 2 aliphatic rings. The van der Waals surface area contributed by atoms with E-state index in [9.17, 15) is 5.11 Å². The summed E-state index contributed by atoms with van der Waals surface area (Å²) in [5.41, 5.74) is 5.97. The highest BCUT2D eigenvalue weighted by atomic mass is 16.3. The predicted molar refractivity (Wildman–Crippen MR) is 69.9 cm³/mol. The van der Waals surface area contributed by atoms with Crippen molar-refractivity contribution in [3.8, 4) is 0 Å². The van der Waals surface area contributed by atoms with Crippen molar-refractivity contribution in [2.24, 2.45) is 16.1 Å². The molecular weight excluding hydrogens is 214 g/mol. The Labute approximate surface area is 104 Å². The molecule has 0 aromatic rings. The summed E-state index contributed by atoms with van der Waals surface area (Å²) in [4.78, 5) is 6.81. The minimum atomic E-state index is -0.229. The second kappa shape index (κ2) is 4.84. The van der Waals surface area contributed by atoms with Gasteiger partial charge in [0.25, 0.3) is 0 Å². The summed E-state index contributed by atoms with van der Waals surface area (Å²) in [6, 6.07) is 0.181. The molecular formula is C13H25N3O. The molecule has 17 heavy (non-hydrogen) atoms. The van der Waals surface area contributed by atoms with Gasteiger partial charge in [0.15, 0.2) is 5.96 Å². The van der Waals surface area contributed by atoms with Crippen molar-refractivity contribution < 1.29 is 5.11 Å². The summed E-state index contributed by atoms with van der Waals surface area (Å²) in [6.07, 6.45) is 5.56. The van der Waals surface area contributed by atoms with Gasteiger partial charge in [-0.25, -0.2) is 4.99 Å². The van der Waals surface area contributed by atoms with E-state index in [1.807, 2.05) is 0 Å². The average Bonchev–Trinajstić information content (AvgIpc) is 2.57.